The Labute approximate surface area is 115 Å². The Bertz CT molecular complexity index is 365. The van der Waals surface area contributed by atoms with Crippen LogP contribution in [0.25, 0.3) is 0 Å². The Morgan fingerprint density at radius 3 is 2.56 bits per heavy atom. The summed E-state index contributed by atoms with van der Waals surface area (Å²) in [5.41, 5.74) is 1.02. The Kier molecular flexibility index (Phi) is 6.12. The number of nitrogens with one attached hydrogen (secondary N) is 1. The van der Waals surface area contributed by atoms with E-state index in [1.165, 1.54) is 0 Å². The lowest BCUT2D eigenvalue weighted by molar-refractivity contribution is 0.0306. The molecule has 2 unspecified atom stereocenters. The van der Waals surface area contributed by atoms with E-state index in [2.05, 4.69) is 38.1 Å². The summed E-state index contributed by atoms with van der Waals surface area (Å²) in [5, 5.41) is 8.46. The molecular weight excluding hydrogens is 250 g/mol. The van der Waals surface area contributed by atoms with Crippen molar-refractivity contribution >= 4 is 11.6 Å². The summed E-state index contributed by atoms with van der Waals surface area (Å²) in [7, 11) is 1.75. The first-order valence-electron chi connectivity index (χ1n) is 6.54. The Hall–Kier alpha value is -0.580. The first-order valence-corrected chi connectivity index (χ1v) is 6.91. The largest absolute Gasteiger partial charge is 0.379 e. The SMILES string of the molecule is CCNC(c1c(Cl)cnn1CC)C(OC)C(C)C. The number of nitrogens with zero attached hydrogens (tertiary/aromatic N) is 2. The lowest BCUT2D eigenvalue weighted by Crippen LogP contribution is -2.38. The van der Waals surface area contributed by atoms with E-state index >= 15 is 0 Å². The molecule has 1 N–H and O–H groups in total. The van der Waals surface area contributed by atoms with E-state index in [9.17, 15) is 0 Å². The second-order valence-corrected chi connectivity index (χ2v) is 5.08. The minimum Gasteiger partial charge on any atom is -0.379 e. The van der Waals surface area contributed by atoms with Gasteiger partial charge in [-0.3, -0.25) is 4.68 Å². The van der Waals surface area contributed by atoms with Gasteiger partial charge in [-0.2, -0.15) is 5.10 Å². The first kappa shape index (κ1) is 15.5. The number of likely N-dealkylation sites (N-methyl/N-ethyl adjacent to an activating group) is 1. The first-order chi connectivity index (χ1) is 8.56. The van der Waals surface area contributed by atoms with Crippen LogP contribution in [0.2, 0.25) is 5.02 Å². The van der Waals surface area contributed by atoms with Crippen LogP contribution in [-0.2, 0) is 11.3 Å². The van der Waals surface area contributed by atoms with Crippen LogP contribution in [0.1, 0.15) is 39.4 Å². The summed E-state index contributed by atoms with van der Waals surface area (Å²) in [4.78, 5) is 0. The second-order valence-electron chi connectivity index (χ2n) is 4.67. The molecule has 104 valence electrons. The van der Waals surface area contributed by atoms with Crippen LogP contribution in [-0.4, -0.2) is 29.5 Å². The van der Waals surface area contributed by atoms with Crippen molar-refractivity contribution in [3.05, 3.63) is 16.9 Å². The fraction of sp³-hybridized carbons (Fsp3) is 0.769. The summed E-state index contributed by atoms with van der Waals surface area (Å²) in [6, 6.07) is 0.0648. The maximum atomic E-state index is 6.28. The maximum Gasteiger partial charge on any atom is 0.0835 e. The van der Waals surface area contributed by atoms with Gasteiger partial charge in [0.2, 0.25) is 0 Å². The quantitative estimate of drug-likeness (QED) is 0.830. The lowest BCUT2D eigenvalue weighted by Gasteiger charge is -2.30. The van der Waals surface area contributed by atoms with E-state index in [0.717, 1.165) is 18.8 Å². The van der Waals surface area contributed by atoms with E-state index in [1.807, 2.05) is 4.68 Å². The van der Waals surface area contributed by atoms with Gasteiger partial charge in [0.1, 0.15) is 0 Å². The molecule has 1 rings (SSSR count). The molecule has 1 heterocycles. The van der Waals surface area contributed by atoms with Crippen molar-refractivity contribution in [3.8, 4) is 0 Å². The predicted octanol–water partition coefficient (Wildman–Crippen LogP) is 2.88. The maximum absolute atomic E-state index is 6.28. The van der Waals surface area contributed by atoms with Gasteiger partial charge in [-0.1, -0.05) is 32.4 Å². The molecular formula is C13H24ClN3O. The number of hydrogen-bond donors (Lipinski definition) is 1. The van der Waals surface area contributed by atoms with Crippen molar-refractivity contribution in [2.24, 2.45) is 5.92 Å². The molecule has 1 aromatic rings. The van der Waals surface area contributed by atoms with Gasteiger partial charge in [-0.25, -0.2) is 0 Å². The zero-order valence-electron chi connectivity index (χ0n) is 11.9. The normalized spacial score (nSPS) is 15.1. The Balaban J connectivity index is 3.13. The third-order valence-corrected chi connectivity index (χ3v) is 3.40. The van der Waals surface area contributed by atoms with Crippen LogP contribution in [0.15, 0.2) is 6.20 Å². The summed E-state index contributed by atoms with van der Waals surface area (Å²) in [5.74, 6) is 0.398. The zero-order chi connectivity index (χ0) is 13.7. The number of aromatic nitrogens is 2. The molecule has 1 aromatic heterocycles. The van der Waals surface area contributed by atoms with Crippen molar-refractivity contribution in [2.45, 2.75) is 46.4 Å². The molecule has 4 nitrogen and oxygen atoms in total. The monoisotopic (exact) mass is 273 g/mol. The van der Waals surface area contributed by atoms with Gasteiger partial charge >= 0.3 is 0 Å². The van der Waals surface area contributed by atoms with Crippen LogP contribution in [0.4, 0.5) is 0 Å². The number of hydrogen-bond acceptors (Lipinski definition) is 3. The molecule has 0 fully saturated rings. The minimum absolute atomic E-state index is 0.0648. The molecule has 0 bridgehead atoms. The average Bonchev–Trinajstić information content (AvgIpc) is 2.69. The highest BCUT2D eigenvalue weighted by Gasteiger charge is 2.29. The van der Waals surface area contributed by atoms with E-state index < -0.39 is 0 Å². The van der Waals surface area contributed by atoms with Crippen LogP contribution >= 0.6 is 11.6 Å². The van der Waals surface area contributed by atoms with Crippen molar-refractivity contribution < 1.29 is 4.74 Å². The second kappa shape index (κ2) is 7.12. The molecule has 0 aromatic carbocycles. The van der Waals surface area contributed by atoms with Crippen LogP contribution in [0, 0.1) is 5.92 Å². The zero-order valence-corrected chi connectivity index (χ0v) is 12.7. The van der Waals surface area contributed by atoms with Gasteiger partial charge in [-0.15, -0.1) is 0 Å². The van der Waals surface area contributed by atoms with E-state index in [1.54, 1.807) is 13.3 Å². The van der Waals surface area contributed by atoms with Gasteiger partial charge in [0.25, 0.3) is 0 Å². The molecule has 2 atom stereocenters. The van der Waals surface area contributed by atoms with Gasteiger partial charge in [0, 0.05) is 13.7 Å². The highest BCUT2D eigenvalue weighted by molar-refractivity contribution is 6.31. The molecule has 0 radical (unpaired) electrons. The molecule has 0 aliphatic rings. The number of aryl methyl sites for hydroxylation is 1. The van der Waals surface area contributed by atoms with Crippen molar-refractivity contribution in [3.63, 3.8) is 0 Å². The minimum atomic E-state index is 0.0648. The highest BCUT2D eigenvalue weighted by atomic mass is 35.5. The topological polar surface area (TPSA) is 39.1 Å². The molecule has 5 heteroatoms. The molecule has 18 heavy (non-hydrogen) atoms. The summed E-state index contributed by atoms with van der Waals surface area (Å²) < 4.78 is 7.58. The van der Waals surface area contributed by atoms with Gasteiger partial charge < -0.3 is 10.1 Å². The lowest BCUT2D eigenvalue weighted by atomic mass is 9.96. The van der Waals surface area contributed by atoms with Crippen molar-refractivity contribution in [1.29, 1.82) is 0 Å². The average molecular weight is 274 g/mol. The summed E-state index contributed by atoms with van der Waals surface area (Å²) >= 11 is 6.28. The van der Waals surface area contributed by atoms with Crippen LogP contribution in [0.5, 0.6) is 0 Å². The van der Waals surface area contributed by atoms with Gasteiger partial charge in [0.05, 0.1) is 29.1 Å². The fourth-order valence-corrected chi connectivity index (χ4v) is 2.57. The Morgan fingerprint density at radius 1 is 1.44 bits per heavy atom. The molecule has 0 spiro atoms. The molecule has 0 aliphatic carbocycles. The number of rotatable bonds is 7. The van der Waals surface area contributed by atoms with Gasteiger partial charge in [-0.05, 0) is 19.4 Å². The number of ether oxygens (including phenoxy) is 1. The summed E-state index contributed by atoms with van der Waals surface area (Å²) in [6.07, 6.45) is 1.78. The number of methoxy groups -OCH3 is 1. The van der Waals surface area contributed by atoms with Crippen molar-refractivity contribution in [1.82, 2.24) is 15.1 Å². The molecule has 0 aliphatic heterocycles. The molecule has 0 saturated heterocycles. The third-order valence-electron chi connectivity index (χ3n) is 3.11. The van der Waals surface area contributed by atoms with E-state index in [-0.39, 0.29) is 12.1 Å². The third kappa shape index (κ3) is 3.25. The van der Waals surface area contributed by atoms with E-state index in [4.69, 9.17) is 16.3 Å². The summed E-state index contributed by atoms with van der Waals surface area (Å²) in [6.45, 7) is 10.1. The Morgan fingerprint density at radius 2 is 2.11 bits per heavy atom. The van der Waals surface area contributed by atoms with Crippen molar-refractivity contribution in [2.75, 3.05) is 13.7 Å². The molecule has 0 saturated carbocycles. The van der Waals surface area contributed by atoms with E-state index in [0.29, 0.717) is 10.9 Å². The fourth-order valence-electron chi connectivity index (χ4n) is 2.31. The van der Waals surface area contributed by atoms with Gasteiger partial charge in [0.15, 0.2) is 0 Å². The smallest absolute Gasteiger partial charge is 0.0835 e. The number of halogens is 1. The molecule has 0 amide bonds. The highest BCUT2D eigenvalue weighted by Crippen LogP contribution is 2.29. The predicted molar refractivity (Wildman–Crippen MR) is 75.0 cm³/mol. The van der Waals surface area contributed by atoms with Crippen LogP contribution in [0.3, 0.4) is 0 Å². The standard InChI is InChI=1S/C13H24ClN3O/c1-6-15-11(13(18-5)9(3)4)12-10(14)8-16-17(12)7-2/h8-9,11,13,15H,6-7H2,1-5H3. The van der Waals surface area contributed by atoms with Crippen LogP contribution < -0.4 is 5.32 Å².